The molecule has 4 rings (SSSR count). The van der Waals surface area contributed by atoms with Gasteiger partial charge in [0.25, 0.3) is 5.91 Å². The Balaban J connectivity index is 1.26. The molecule has 1 N–H and O–H groups in total. The van der Waals surface area contributed by atoms with Gasteiger partial charge in [-0.1, -0.05) is 29.8 Å². The molecular weight excluding hydrogens is 419 g/mol. The lowest BCUT2D eigenvalue weighted by molar-refractivity contribution is 0.102. The van der Waals surface area contributed by atoms with Crippen LogP contribution in [0.1, 0.15) is 27.5 Å². The van der Waals surface area contributed by atoms with E-state index in [-0.39, 0.29) is 11.5 Å². The van der Waals surface area contributed by atoms with Crippen molar-refractivity contribution < 1.29 is 13.6 Å². The van der Waals surface area contributed by atoms with Crippen LogP contribution in [-0.2, 0) is 13.1 Å². The molecule has 0 spiro atoms. The van der Waals surface area contributed by atoms with E-state index in [4.69, 9.17) is 16.0 Å². The average Bonchev–Trinajstić information content (AvgIpc) is 3.22. The predicted octanol–water partition coefficient (Wildman–Crippen LogP) is 4.35. The van der Waals surface area contributed by atoms with Crippen LogP contribution in [0.2, 0.25) is 5.02 Å². The zero-order valence-corrected chi connectivity index (χ0v) is 18.0. The van der Waals surface area contributed by atoms with Gasteiger partial charge in [0, 0.05) is 43.4 Å². The number of carbonyl (C=O) groups is 1. The maximum absolute atomic E-state index is 13.7. The molecule has 2 aromatic carbocycles. The summed E-state index contributed by atoms with van der Waals surface area (Å²) in [6.07, 6.45) is 1.34. The van der Waals surface area contributed by atoms with E-state index in [1.165, 1.54) is 17.9 Å². The van der Waals surface area contributed by atoms with Gasteiger partial charge in [0.15, 0.2) is 5.69 Å². The van der Waals surface area contributed by atoms with Crippen LogP contribution in [0.25, 0.3) is 0 Å². The predicted molar refractivity (Wildman–Crippen MR) is 118 cm³/mol. The van der Waals surface area contributed by atoms with Crippen molar-refractivity contribution in [2.75, 3.05) is 31.5 Å². The normalized spacial score (nSPS) is 15.2. The summed E-state index contributed by atoms with van der Waals surface area (Å²) in [6.45, 7) is 6.77. The van der Waals surface area contributed by atoms with Crippen LogP contribution in [-0.4, -0.2) is 46.9 Å². The number of halogens is 2. The van der Waals surface area contributed by atoms with Gasteiger partial charge in [0.1, 0.15) is 12.1 Å². The van der Waals surface area contributed by atoms with E-state index < -0.39 is 5.91 Å². The van der Waals surface area contributed by atoms with Crippen molar-refractivity contribution in [1.82, 2.24) is 14.8 Å². The second kappa shape index (κ2) is 9.60. The van der Waals surface area contributed by atoms with Crippen molar-refractivity contribution in [2.24, 2.45) is 0 Å². The number of nitrogens with one attached hydrogen (secondary N) is 1. The molecule has 3 aromatic rings. The Hall–Kier alpha value is -2.74. The number of nitrogens with zero attached hydrogens (tertiary/aromatic N) is 3. The molecular formula is C23H24ClFN4O2. The number of rotatable bonds is 6. The van der Waals surface area contributed by atoms with E-state index in [0.29, 0.717) is 23.7 Å². The molecule has 1 aromatic heterocycles. The second-order valence-electron chi connectivity index (χ2n) is 7.72. The number of carbonyl (C=O) groups excluding carboxylic acids is 1. The quantitative estimate of drug-likeness (QED) is 0.615. The minimum atomic E-state index is -0.425. The van der Waals surface area contributed by atoms with Crippen LogP contribution < -0.4 is 5.32 Å². The van der Waals surface area contributed by atoms with Crippen molar-refractivity contribution in [3.63, 3.8) is 0 Å². The first-order valence-electron chi connectivity index (χ1n) is 10.2. The van der Waals surface area contributed by atoms with Gasteiger partial charge >= 0.3 is 0 Å². The third-order valence-corrected chi connectivity index (χ3v) is 5.61. The molecule has 0 bridgehead atoms. The Kier molecular flexibility index (Phi) is 6.65. The number of oxazole rings is 1. The highest BCUT2D eigenvalue weighted by molar-refractivity contribution is 6.30. The van der Waals surface area contributed by atoms with E-state index in [1.807, 2.05) is 12.1 Å². The standard InChI is InChI=1S/C23H24ClFN4O2/c1-16-2-7-19(12-20(16)25)26-23(30)21-15-31-22(27-21)14-29-10-8-28(9-11-29)13-17-3-5-18(24)6-4-17/h2-7,12,15H,8-11,13-14H2,1H3,(H,26,30). The number of hydrogen-bond acceptors (Lipinski definition) is 5. The Labute approximate surface area is 185 Å². The molecule has 1 amide bonds. The molecule has 8 heteroatoms. The molecule has 1 aliphatic heterocycles. The molecule has 0 radical (unpaired) electrons. The Bertz CT molecular complexity index is 1050. The van der Waals surface area contributed by atoms with Crippen LogP contribution in [0.15, 0.2) is 53.1 Å². The molecule has 1 aliphatic rings. The van der Waals surface area contributed by atoms with Gasteiger partial charge in [-0.2, -0.15) is 0 Å². The van der Waals surface area contributed by atoms with E-state index in [0.717, 1.165) is 37.7 Å². The van der Waals surface area contributed by atoms with E-state index in [2.05, 4.69) is 32.2 Å². The largest absolute Gasteiger partial charge is 0.447 e. The highest BCUT2D eigenvalue weighted by Gasteiger charge is 2.20. The molecule has 1 saturated heterocycles. The Morgan fingerprint density at radius 1 is 1.10 bits per heavy atom. The summed E-state index contributed by atoms with van der Waals surface area (Å²) in [5.74, 6) is -0.300. The fraction of sp³-hybridized carbons (Fsp3) is 0.304. The number of aromatic nitrogens is 1. The smallest absolute Gasteiger partial charge is 0.277 e. The minimum Gasteiger partial charge on any atom is -0.447 e. The Morgan fingerprint density at radius 3 is 2.45 bits per heavy atom. The van der Waals surface area contributed by atoms with Crippen LogP contribution in [0.4, 0.5) is 10.1 Å². The van der Waals surface area contributed by atoms with E-state index in [1.54, 1.807) is 19.1 Å². The molecule has 1 fully saturated rings. The van der Waals surface area contributed by atoms with Crippen LogP contribution >= 0.6 is 11.6 Å². The summed E-state index contributed by atoms with van der Waals surface area (Å²) in [7, 11) is 0. The lowest BCUT2D eigenvalue weighted by atomic mass is 10.2. The number of amides is 1. The molecule has 6 nitrogen and oxygen atoms in total. The first-order valence-corrected chi connectivity index (χ1v) is 10.5. The third kappa shape index (κ3) is 5.70. The topological polar surface area (TPSA) is 61.6 Å². The van der Waals surface area contributed by atoms with Crippen LogP contribution in [0.3, 0.4) is 0 Å². The highest BCUT2D eigenvalue weighted by Crippen LogP contribution is 2.16. The van der Waals surface area contributed by atoms with E-state index in [9.17, 15) is 9.18 Å². The second-order valence-corrected chi connectivity index (χ2v) is 8.16. The van der Waals surface area contributed by atoms with Gasteiger partial charge in [0.2, 0.25) is 5.89 Å². The molecule has 0 aliphatic carbocycles. The number of aryl methyl sites for hydroxylation is 1. The zero-order valence-electron chi connectivity index (χ0n) is 17.3. The summed E-state index contributed by atoms with van der Waals surface area (Å²) in [5, 5.41) is 3.39. The summed E-state index contributed by atoms with van der Waals surface area (Å²) in [5.41, 5.74) is 2.33. The monoisotopic (exact) mass is 442 g/mol. The fourth-order valence-corrected chi connectivity index (χ4v) is 3.62. The number of piperazine rings is 1. The first kappa shape index (κ1) is 21.5. The summed E-state index contributed by atoms with van der Waals surface area (Å²) >= 11 is 5.95. The number of hydrogen-bond donors (Lipinski definition) is 1. The summed E-state index contributed by atoms with van der Waals surface area (Å²) in [6, 6.07) is 12.5. The van der Waals surface area contributed by atoms with E-state index >= 15 is 0 Å². The molecule has 2 heterocycles. The van der Waals surface area contributed by atoms with Crippen LogP contribution in [0.5, 0.6) is 0 Å². The Morgan fingerprint density at radius 2 is 1.77 bits per heavy atom. The van der Waals surface area contributed by atoms with Crippen molar-refractivity contribution in [3.05, 3.63) is 82.3 Å². The van der Waals surface area contributed by atoms with Gasteiger partial charge in [-0.3, -0.25) is 14.6 Å². The van der Waals surface area contributed by atoms with Gasteiger partial charge in [-0.05, 0) is 42.3 Å². The van der Waals surface area contributed by atoms with Crippen molar-refractivity contribution in [3.8, 4) is 0 Å². The van der Waals surface area contributed by atoms with Gasteiger partial charge in [-0.15, -0.1) is 0 Å². The zero-order chi connectivity index (χ0) is 21.8. The SMILES string of the molecule is Cc1ccc(NC(=O)c2coc(CN3CCN(Cc4ccc(Cl)cc4)CC3)n2)cc1F. The number of benzene rings is 2. The minimum absolute atomic E-state index is 0.178. The third-order valence-electron chi connectivity index (χ3n) is 5.36. The first-order chi connectivity index (χ1) is 15.0. The maximum atomic E-state index is 13.7. The lowest BCUT2D eigenvalue weighted by Gasteiger charge is -2.34. The average molecular weight is 443 g/mol. The summed E-state index contributed by atoms with van der Waals surface area (Å²) < 4.78 is 19.2. The van der Waals surface area contributed by atoms with Crippen molar-refractivity contribution in [2.45, 2.75) is 20.0 Å². The summed E-state index contributed by atoms with van der Waals surface area (Å²) in [4.78, 5) is 21.3. The maximum Gasteiger partial charge on any atom is 0.277 e. The van der Waals surface area contributed by atoms with Gasteiger partial charge in [0.05, 0.1) is 6.54 Å². The lowest BCUT2D eigenvalue weighted by Crippen LogP contribution is -2.45. The van der Waals surface area contributed by atoms with Crippen molar-refractivity contribution >= 4 is 23.2 Å². The molecule has 0 unspecified atom stereocenters. The molecule has 0 atom stereocenters. The fourth-order valence-electron chi connectivity index (χ4n) is 3.50. The van der Waals surface area contributed by atoms with Crippen LogP contribution in [0, 0.1) is 12.7 Å². The van der Waals surface area contributed by atoms with Gasteiger partial charge in [-0.25, -0.2) is 9.37 Å². The van der Waals surface area contributed by atoms with Gasteiger partial charge < -0.3 is 9.73 Å². The highest BCUT2D eigenvalue weighted by atomic mass is 35.5. The molecule has 0 saturated carbocycles. The molecule has 162 valence electrons. The number of anilines is 1. The molecule has 31 heavy (non-hydrogen) atoms. The van der Waals surface area contributed by atoms with Crippen molar-refractivity contribution in [1.29, 1.82) is 0 Å².